The zero-order valence-corrected chi connectivity index (χ0v) is 9.64. The Kier molecular flexibility index (Phi) is 3.09. The van der Waals surface area contributed by atoms with E-state index in [1.807, 2.05) is 0 Å². The molecule has 0 aliphatic rings. The lowest BCUT2D eigenvalue weighted by atomic mass is 10.1. The standard InChI is InChI=1S/C12H11N3O3/c1-7-6-14-12(18-7)11(17)15-10(16)8-4-2-3-5-9(8)13/h2-6H,13H2,1H3,(H,15,16,17). The molecule has 0 aliphatic carbocycles. The van der Waals surface area contributed by atoms with Crippen LogP contribution >= 0.6 is 0 Å². The van der Waals surface area contributed by atoms with Crippen LogP contribution in [0.2, 0.25) is 0 Å². The number of amides is 2. The van der Waals surface area contributed by atoms with E-state index in [0.29, 0.717) is 11.4 Å². The van der Waals surface area contributed by atoms with Gasteiger partial charge in [-0.3, -0.25) is 14.9 Å². The van der Waals surface area contributed by atoms with E-state index in [0.717, 1.165) is 0 Å². The molecule has 1 aromatic carbocycles. The van der Waals surface area contributed by atoms with Crippen molar-refractivity contribution in [2.45, 2.75) is 6.92 Å². The van der Waals surface area contributed by atoms with E-state index >= 15 is 0 Å². The molecular formula is C12H11N3O3. The maximum atomic E-state index is 11.8. The highest BCUT2D eigenvalue weighted by atomic mass is 16.4. The highest BCUT2D eigenvalue weighted by Gasteiger charge is 2.17. The van der Waals surface area contributed by atoms with E-state index in [2.05, 4.69) is 10.3 Å². The van der Waals surface area contributed by atoms with E-state index in [-0.39, 0.29) is 11.5 Å². The normalized spacial score (nSPS) is 10.1. The second kappa shape index (κ2) is 4.70. The number of benzene rings is 1. The van der Waals surface area contributed by atoms with Crippen LogP contribution in [-0.4, -0.2) is 16.8 Å². The molecule has 0 radical (unpaired) electrons. The van der Waals surface area contributed by atoms with Gasteiger partial charge in [0.15, 0.2) is 0 Å². The van der Waals surface area contributed by atoms with Crippen molar-refractivity contribution < 1.29 is 14.0 Å². The zero-order valence-electron chi connectivity index (χ0n) is 9.64. The molecule has 6 nitrogen and oxygen atoms in total. The third-order valence-corrected chi connectivity index (χ3v) is 2.25. The lowest BCUT2D eigenvalue weighted by Gasteiger charge is -2.04. The van der Waals surface area contributed by atoms with Crippen molar-refractivity contribution in [1.29, 1.82) is 0 Å². The van der Waals surface area contributed by atoms with Crippen molar-refractivity contribution >= 4 is 17.5 Å². The Morgan fingerprint density at radius 2 is 2.00 bits per heavy atom. The third-order valence-electron chi connectivity index (χ3n) is 2.25. The number of carbonyl (C=O) groups excluding carboxylic acids is 2. The van der Waals surface area contributed by atoms with E-state index < -0.39 is 11.8 Å². The van der Waals surface area contributed by atoms with Gasteiger partial charge in [-0.2, -0.15) is 0 Å². The Labute approximate surface area is 103 Å². The summed E-state index contributed by atoms with van der Waals surface area (Å²) in [5.74, 6) is -0.951. The van der Waals surface area contributed by atoms with E-state index in [4.69, 9.17) is 10.2 Å². The first-order valence-corrected chi connectivity index (χ1v) is 5.20. The van der Waals surface area contributed by atoms with Gasteiger partial charge in [-0.15, -0.1) is 0 Å². The van der Waals surface area contributed by atoms with Crippen LogP contribution in [0.3, 0.4) is 0 Å². The Morgan fingerprint density at radius 3 is 2.61 bits per heavy atom. The lowest BCUT2D eigenvalue weighted by molar-refractivity contribution is 0.0827. The second-order valence-electron chi connectivity index (χ2n) is 3.65. The summed E-state index contributed by atoms with van der Waals surface area (Å²) >= 11 is 0. The summed E-state index contributed by atoms with van der Waals surface area (Å²) < 4.78 is 5.01. The molecule has 1 aromatic heterocycles. The first-order valence-electron chi connectivity index (χ1n) is 5.20. The van der Waals surface area contributed by atoms with E-state index in [1.54, 1.807) is 25.1 Å². The van der Waals surface area contributed by atoms with Gasteiger partial charge in [-0.25, -0.2) is 4.98 Å². The Balaban J connectivity index is 2.13. The minimum absolute atomic E-state index is 0.157. The van der Waals surface area contributed by atoms with Gasteiger partial charge >= 0.3 is 5.91 Å². The van der Waals surface area contributed by atoms with Gasteiger partial charge in [0, 0.05) is 5.69 Å². The molecule has 0 spiro atoms. The van der Waals surface area contributed by atoms with Crippen LogP contribution in [-0.2, 0) is 0 Å². The molecule has 0 atom stereocenters. The summed E-state index contributed by atoms with van der Waals surface area (Å²) in [6.07, 6.45) is 1.40. The number of nitrogens with two attached hydrogens (primary N) is 1. The van der Waals surface area contributed by atoms with Gasteiger partial charge in [0.25, 0.3) is 11.8 Å². The number of nitrogens with zero attached hydrogens (tertiary/aromatic N) is 1. The van der Waals surface area contributed by atoms with Gasteiger partial charge in [-0.05, 0) is 19.1 Å². The van der Waals surface area contributed by atoms with Gasteiger partial charge in [0.2, 0.25) is 0 Å². The van der Waals surface area contributed by atoms with Crippen LogP contribution in [0.4, 0.5) is 5.69 Å². The van der Waals surface area contributed by atoms with Crippen molar-refractivity contribution in [1.82, 2.24) is 10.3 Å². The molecule has 0 saturated heterocycles. The van der Waals surface area contributed by atoms with Crippen LogP contribution in [0.1, 0.15) is 26.8 Å². The van der Waals surface area contributed by atoms with Gasteiger partial charge in [0.05, 0.1) is 11.8 Å². The molecule has 6 heteroatoms. The number of nitrogens with one attached hydrogen (secondary N) is 1. The first kappa shape index (κ1) is 11.8. The molecule has 0 saturated carbocycles. The van der Waals surface area contributed by atoms with Gasteiger partial charge in [0.1, 0.15) is 5.76 Å². The summed E-state index contributed by atoms with van der Waals surface area (Å²) in [7, 11) is 0. The van der Waals surface area contributed by atoms with E-state index in [9.17, 15) is 9.59 Å². The smallest absolute Gasteiger partial charge is 0.313 e. The number of hydrogen-bond donors (Lipinski definition) is 2. The number of rotatable bonds is 2. The Hall–Kier alpha value is -2.63. The largest absolute Gasteiger partial charge is 0.438 e. The molecule has 0 fully saturated rings. The summed E-state index contributed by atoms with van der Waals surface area (Å²) in [5.41, 5.74) is 6.16. The number of oxazole rings is 1. The minimum Gasteiger partial charge on any atom is -0.438 e. The average Bonchev–Trinajstić information content (AvgIpc) is 2.76. The Morgan fingerprint density at radius 1 is 1.28 bits per heavy atom. The molecule has 1 heterocycles. The highest BCUT2D eigenvalue weighted by molar-refractivity contribution is 6.10. The molecule has 18 heavy (non-hydrogen) atoms. The molecule has 2 aromatic rings. The number of nitrogen functional groups attached to an aromatic ring is 1. The molecule has 0 aliphatic heterocycles. The monoisotopic (exact) mass is 245 g/mol. The topological polar surface area (TPSA) is 98.2 Å². The number of imide groups is 1. The number of anilines is 1. The average molecular weight is 245 g/mol. The maximum absolute atomic E-state index is 11.8. The predicted octanol–water partition coefficient (Wildman–Crippen LogP) is 1.14. The van der Waals surface area contributed by atoms with Crippen LogP contribution < -0.4 is 11.1 Å². The number of aryl methyl sites for hydroxylation is 1. The van der Waals surface area contributed by atoms with Gasteiger partial charge < -0.3 is 10.2 Å². The molecule has 0 unspecified atom stereocenters. The minimum atomic E-state index is -0.698. The second-order valence-corrected chi connectivity index (χ2v) is 3.65. The molecule has 0 bridgehead atoms. The first-order chi connectivity index (χ1) is 8.58. The summed E-state index contributed by atoms with van der Waals surface area (Å²) in [5, 5.41) is 2.15. The quantitative estimate of drug-likeness (QED) is 0.610. The number of carbonyl (C=O) groups is 2. The third kappa shape index (κ3) is 2.37. The number of aromatic nitrogens is 1. The summed E-state index contributed by atoms with van der Waals surface area (Å²) in [6.45, 7) is 1.65. The summed E-state index contributed by atoms with van der Waals surface area (Å²) in [4.78, 5) is 27.1. The van der Waals surface area contributed by atoms with Crippen molar-refractivity contribution in [2.24, 2.45) is 0 Å². The summed E-state index contributed by atoms with van der Waals surface area (Å²) in [6, 6.07) is 6.46. The predicted molar refractivity (Wildman–Crippen MR) is 63.9 cm³/mol. The van der Waals surface area contributed by atoms with Crippen LogP contribution in [0.15, 0.2) is 34.9 Å². The van der Waals surface area contributed by atoms with E-state index in [1.165, 1.54) is 12.3 Å². The fourth-order valence-corrected chi connectivity index (χ4v) is 1.39. The van der Waals surface area contributed by atoms with Crippen molar-refractivity contribution in [3.63, 3.8) is 0 Å². The SMILES string of the molecule is Cc1cnc(C(=O)NC(=O)c2ccccc2N)o1. The van der Waals surface area contributed by atoms with Gasteiger partial charge in [-0.1, -0.05) is 12.1 Å². The zero-order chi connectivity index (χ0) is 13.1. The molecule has 2 rings (SSSR count). The van der Waals surface area contributed by atoms with Crippen molar-refractivity contribution in [3.8, 4) is 0 Å². The van der Waals surface area contributed by atoms with Crippen LogP contribution in [0.25, 0.3) is 0 Å². The molecule has 92 valence electrons. The lowest BCUT2D eigenvalue weighted by Crippen LogP contribution is -2.31. The maximum Gasteiger partial charge on any atom is 0.313 e. The number of hydrogen-bond acceptors (Lipinski definition) is 5. The fourth-order valence-electron chi connectivity index (χ4n) is 1.39. The highest BCUT2D eigenvalue weighted by Crippen LogP contribution is 2.10. The molecular weight excluding hydrogens is 234 g/mol. The Bertz CT molecular complexity index is 604. The van der Waals surface area contributed by atoms with Crippen LogP contribution in [0, 0.1) is 6.92 Å². The van der Waals surface area contributed by atoms with Crippen molar-refractivity contribution in [3.05, 3.63) is 47.7 Å². The van der Waals surface area contributed by atoms with Crippen molar-refractivity contribution in [2.75, 3.05) is 5.73 Å². The molecule has 3 N–H and O–H groups in total. The molecule has 2 amide bonds. The fraction of sp³-hybridized carbons (Fsp3) is 0.0833. The number of para-hydroxylation sites is 1. The van der Waals surface area contributed by atoms with Crippen LogP contribution in [0.5, 0.6) is 0 Å².